The molecule has 8 aromatic carbocycles. The normalized spacial score (nSPS) is 11.6. The van der Waals surface area contributed by atoms with Crippen LogP contribution in [0.15, 0.2) is 192 Å². The molecule has 5 heteroatoms. The average molecular weight is 734 g/mol. The van der Waals surface area contributed by atoms with E-state index in [-0.39, 0.29) is 0 Å². The molecule has 0 aliphatic rings. The summed E-state index contributed by atoms with van der Waals surface area (Å²) in [6.07, 6.45) is 0. The number of nitrogens with zero attached hydrogens (tertiary/aromatic N) is 3. The number of fused-ring (bicyclic) bond motifs is 6. The van der Waals surface area contributed by atoms with Crippen LogP contribution in [0.25, 0.3) is 110 Å². The molecule has 56 heavy (non-hydrogen) atoms. The van der Waals surface area contributed by atoms with Gasteiger partial charge in [0.2, 0.25) is 0 Å². The zero-order valence-electron chi connectivity index (χ0n) is 30.1. The number of benzene rings is 8. The van der Waals surface area contributed by atoms with Gasteiger partial charge in [-0.1, -0.05) is 152 Å². The summed E-state index contributed by atoms with van der Waals surface area (Å²) < 4.78 is 9.21. The minimum Gasteiger partial charge on any atom is -0.455 e. The van der Waals surface area contributed by atoms with E-state index in [0.29, 0.717) is 17.5 Å². The molecule has 0 amide bonds. The summed E-state index contributed by atoms with van der Waals surface area (Å²) in [5.41, 5.74) is 11.3. The monoisotopic (exact) mass is 733 g/mol. The standard InChI is InChI=1S/C51H31N3OS/c1-4-11-32(12-5-1)34-19-21-36(22-20-34)50-52-49(35-15-8-3-9-16-35)53-51(54-50)42-18-10-17-41-43-29-38(24-27-45(43)55-48(41)42)39-23-26-40-44-30-37(33-13-6-2-7-14-33)25-28-46(44)56-47(40)31-39/h1-31H. The number of hydrogen-bond acceptors (Lipinski definition) is 5. The number of para-hydroxylation sites is 1. The van der Waals surface area contributed by atoms with Crippen LogP contribution in [-0.2, 0) is 0 Å². The highest BCUT2D eigenvalue weighted by Crippen LogP contribution is 2.41. The molecule has 3 aromatic heterocycles. The van der Waals surface area contributed by atoms with Gasteiger partial charge in [0, 0.05) is 42.1 Å². The second-order valence-corrected chi connectivity index (χ2v) is 15.1. The third-order valence-electron chi connectivity index (χ3n) is 10.6. The molecule has 0 atom stereocenters. The second kappa shape index (κ2) is 13.3. The number of rotatable bonds is 6. The first-order valence-corrected chi connectivity index (χ1v) is 19.5. The maximum Gasteiger partial charge on any atom is 0.167 e. The van der Waals surface area contributed by atoms with Crippen molar-refractivity contribution in [1.29, 1.82) is 0 Å². The topological polar surface area (TPSA) is 51.8 Å². The highest BCUT2D eigenvalue weighted by molar-refractivity contribution is 7.25. The van der Waals surface area contributed by atoms with Gasteiger partial charge in [0.25, 0.3) is 0 Å². The number of hydrogen-bond donors (Lipinski definition) is 0. The average Bonchev–Trinajstić information content (AvgIpc) is 3.84. The Balaban J connectivity index is 0.996. The van der Waals surface area contributed by atoms with Gasteiger partial charge in [-0.3, -0.25) is 0 Å². The van der Waals surface area contributed by atoms with E-state index in [1.807, 2.05) is 53.8 Å². The van der Waals surface area contributed by atoms with E-state index >= 15 is 0 Å². The lowest BCUT2D eigenvalue weighted by atomic mass is 9.99. The molecular weight excluding hydrogens is 703 g/mol. The van der Waals surface area contributed by atoms with E-state index in [4.69, 9.17) is 19.4 Å². The molecule has 0 saturated carbocycles. The molecule has 0 fully saturated rings. The zero-order valence-corrected chi connectivity index (χ0v) is 30.9. The van der Waals surface area contributed by atoms with Crippen molar-refractivity contribution in [2.45, 2.75) is 0 Å². The Bertz CT molecular complexity index is 3230. The lowest BCUT2D eigenvalue weighted by Gasteiger charge is -2.09. The molecule has 0 aliphatic carbocycles. The molecule has 0 radical (unpaired) electrons. The van der Waals surface area contributed by atoms with Crippen LogP contribution in [0.1, 0.15) is 0 Å². The Morgan fingerprint density at radius 3 is 1.57 bits per heavy atom. The summed E-state index contributed by atoms with van der Waals surface area (Å²) in [6.45, 7) is 0. The van der Waals surface area contributed by atoms with E-state index < -0.39 is 0 Å². The van der Waals surface area contributed by atoms with Crippen molar-refractivity contribution in [2.24, 2.45) is 0 Å². The van der Waals surface area contributed by atoms with Crippen LogP contribution in [0.5, 0.6) is 0 Å². The predicted molar refractivity (Wildman–Crippen MR) is 233 cm³/mol. The van der Waals surface area contributed by atoms with Crippen LogP contribution in [0.2, 0.25) is 0 Å². The minimum atomic E-state index is 0.566. The summed E-state index contributed by atoms with van der Waals surface area (Å²) in [5, 5.41) is 4.65. The zero-order chi connectivity index (χ0) is 37.0. The molecule has 0 saturated heterocycles. The van der Waals surface area contributed by atoms with Crippen LogP contribution in [0.4, 0.5) is 0 Å². The molecule has 0 spiro atoms. The molecule has 262 valence electrons. The largest absolute Gasteiger partial charge is 0.455 e. The second-order valence-electron chi connectivity index (χ2n) is 14.0. The third-order valence-corrected chi connectivity index (χ3v) is 11.7. The minimum absolute atomic E-state index is 0.566. The molecule has 0 unspecified atom stereocenters. The quantitative estimate of drug-likeness (QED) is 0.171. The van der Waals surface area contributed by atoms with E-state index in [1.54, 1.807) is 0 Å². The van der Waals surface area contributed by atoms with Gasteiger partial charge in [-0.15, -0.1) is 11.3 Å². The van der Waals surface area contributed by atoms with E-state index in [2.05, 4.69) is 146 Å². The Morgan fingerprint density at radius 2 is 0.839 bits per heavy atom. The molecular formula is C51H31N3OS. The maximum atomic E-state index is 6.64. The van der Waals surface area contributed by atoms with Crippen LogP contribution in [0.3, 0.4) is 0 Å². The highest BCUT2D eigenvalue weighted by atomic mass is 32.1. The Labute approximate surface area is 327 Å². The van der Waals surface area contributed by atoms with Crippen LogP contribution in [-0.4, -0.2) is 15.0 Å². The van der Waals surface area contributed by atoms with Crippen molar-refractivity contribution in [2.75, 3.05) is 0 Å². The summed E-state index contributed by atoms with van der Waals surface area (Å²) in [5.74, 6) is 1.79. The van der Waals surface area contributed by atoms with Gasteiger partial charge in [0.05, 0.1) is 5.56 Å². The van der Waals surface area contributed by atoms with Crippen LogP contribution >= 0.6 is 11.3 Å². The molecule has 3 heterocycles. The fraction of sp³-hybridized carbons (Fsp3) is 0. The van der Waals surface area contributed by atoms with E-state index in [9.17, 15) is 0 Å². The maximum absolute atomic E-state index is 6.64. The summed E-state index contributed by atoms with van der Waals surface area (Å²) in [4.78, 5) is 15.1. The molecule has 11 rings (SSSR count). The Morgan fingerprint density at radius 1 is 0.321 bits per heavy atom. The lowest BCUT2D eigenvalue weighted by Crippen LogP contribution is -2.00. The van der Waals surface area contributed by atoms with Gasteiger partial charge < -0.3 is 4.42 Å². The van der Waals surface area contributed by atoms with Gasteiger partial charge >= 0.3 is 0 Å². The first-order valence-electron chi connectivity index (χ1n) is 18.7. The van der Waals surface area contributed by atoms with Crippen molar-refractivity contribution in [3.63, 3.8) is 0 Å². The third kappa shape index (κ3) is 5.65. The van der Waals surface area contributed by atoms with Crippen molar-refractivity contribution >= 4 is 53.4 Å². The number of furan rings is 1. The van der Waals surface area contributed by atoms with Crippen molar-refractivity contribution in [3.8, 4) is 67.5 Å². The Kier molecular flexibility index (Phi) is 7.64. The number of aromatic nitrogens is 3. The molecule has 0 bridgehead atoms. The van der Waals surface area contributed by atoms with E-state index in [0.717, 1.165) is 49.8 Å². The van der Waals surface area contributed by atoms with Gasteiger partial charge in [0.15, 0.2) is 17.5 Å². The first kappa shape index (κ1) is 32.2. The van der Waals surface area contributed by atoms with Gasteiger partial charge in [-0.25, -0.2) is 15.0 Å². The van der Waals surface area contributed by atoms with Crippen molar-refractivity contribution < 1.29 is 4.42 Å². The Hall–Kier alpha value is -7.21. The SMILES string of the molecule is c1ccc(-c2ccc(-c3nc(-c4ccccc4)nc(-c4cccc5c4oc4ccc(-c6ccc7c(c6)sc6ccc(-c8ccccc8)cc67)cc45)n3)cc2)cc1. The van der Waals surface area contributed by atoms with Crippen molar-refractivity contribution in [3.05, 3.63) is 188 Å². The smallest absolute Gasteiger partial charge is 0.167 e. The van der Waals surface area contributed by atoms with Crippen molar-refractivity contribution in [1.82, 2.24) is 15.0 Å². The summed E-state index contributed by atoms with van der Waals surface area (Å²) in [6, 6.07) is 65.8. The fourth-order valence-corrected chi connectivity index (χ4v) is 8.83. The van der Waals surface area contributed by atoms with Crippen LogP contribution < -0.4 is 0 Å². The molecule has 11 aromatic rings. The van der Waals surface area contributed by atoms with Crippen LogP contribution in [0, 0.1) is 0 Å². The highest BCUT2D eigenvalue weighted by Gasteiger charge is 2.19. The van der Waals surface area contributed by atoms with Gasteiger partial charge in [0.1, 0.15) is 11.2 Å². The molecule has 0 N–H and O–H groups in total. The molecule has 4 nitrogen and oxygen atoms in total. The first-order chi connectivity index (χ1) is 27.7. The molecule has 0 aliphatic heterocycles. The predicted octanol–water partition coefficient (Wildman–Crippen LogP) is 14.1. The fourth-order valence-electron chi connectivity index (χ4n) is 7.71. The lowest BCUT2D eigenvalue weighted by molar-refractivity contribution is 0.669. The van der Waals surface area contributed by atoms with Gasteiger partial charge in [-0.05, 0) is 69.8 Å². The van der Waals surface area contributed by atoms with E-state index in [1.165, 1.54) is 42.4 Å². The summed E-state index contributed by atoms with van der Waals surface area (Å²) in [7, 11) is 0. The number of thiophene rings is 1. The summed E-state index contributed by atoms with van der Waals surface area (Å²) >= 11 is 1.84. The van der Waals surface area contributed by atoms with Gasteiger partial charge in [-0.2, -0.15) is 0 Å².